The average Bonchev–Trinajstić information content (AvgIpc) is 2.73. The van der Waals surface area contributed by atoms with E-state index in [1.165, 1.54) is 12.3 Å². The molecule has 2 aromatic rings. The zero-order valence-electron chi connectivity index (χ0n) is 16.3. The third kappa shape index (κ3) is 3.84. The number of esters is 1. The number of aromatic nitrogens is 1. The van der Waals surface area contributed by atoms with Crippen LogP contribution in [-0.4, -0.2) is 22.5 Å². The molecule has 0 saturated heterocycles. The summed E-state index contributed by atoms with van der Waals surface area (Å²) in [6, 6.07) is 11.9. The number of pyridine rings is 1. The zero-order chi connectivity index (χ0) is 21.8. The first kappa shape index (κ1) is 20.5. The van der Waals surface area contributed by atoms with E-state index in [-0.39, 0.29) is 35.1 Å². The fraction of sp³-hybridized carbons (Fsp3) is 0.190. The monoisotopic (exact) mass is 406 g/mol. The molecule has 0 bridgehead atoms. The second kappa shape index (κ2) is 8.45. The number of hydrogen-bond donors (Lipinski definition) is 1. The summed E-state index contributed by atoms with van der Waals surface area (Å²) in [5, 5.41) is 20.4. The van der Waals surface area contributed by atoms with E-state index in [1.807, 2.05) is 6.07 Å². The van der Waals surface area contributed by atoms with Crippen LogP contribution in [0.5, 0.6) is 0 Å². The molecule has 1 unspecified atom stereocenters. The number of hydrogen-bond acceptors (Lipinski definition) is 8. The normalized spacial score (nSPS) is 16.0. The number of nitrogens with two attached hydrogens (primary N) is 1. The summed E-state index contributed by atoms with van der Waals surface area (Å²) in [5.41, 5.74) is 8.02. The van der Waals surface area contributed by atoms with E-state index in [0.717, 1.165) is 5.56 Å². The summed E-state index contributed by atoms with van der Waals surface area (Å²) < 4.78 is 10.5. The Morgan fingerprint density at radius 3 is 2.57 bits per heavy atom. The first-order valence-electron chi connectivity index (χ1n) is 9.03. The van der Waals surface area contributed by atoms with Crippen molar-refractivity contribution >= 4 is 11.7 Å². The van der Waals surface area contributed by atoms with Crippen LogP contribution in [0.3, 0.4) is 0 Å². The van der Waals surface area contributed by atoms with E-state index in [4.69, 9.17) is 15.2 Å². The molecule has 3 rings (SSSR count). The summed E-state index contributed by atoms with van der Waals surface area (Å²) in [4.78, 5) is 26.9. The Morgan fingerprint density at radius 1 is 1.33 bits per heavy atom. The molecule has 0 spiro atoms. The van der Waals surface area contributed by atoms with E-state index in [1.54, 1.807) is 44.2 Å². The lowest BCUT2D eigenvalue weighted by Crippen LogP contribution is -2.25. The largest absolute Gasteiger partial charge is 0.463 e. The van der Waals surface area contributed by atoms with Crippen LogP contribution >= 0.6 is 0 Å². The van der Waals surface area contributed by atoms with Gasteiger partial charge in [0.15, 0.2) is 0 Å². The van der Waals surface area contributed by atoms with E-state index in [0.29, 0.717) is 11.3 Å². The van der Waals surface area contributed by atoms with Gasteiger partial charge >= 0.3 is 5.97 Å². The molecule has 0 fully saturated rings. The number of nitriles is 1. The van der Waals surface area contributed by atoms with Crippen LogP contribution in [0.25, 0.3) is 11.3 Å². The van der Waals surface area contributed by atoms with Crippen LogP contribution in [0.4, 0.5) is 5.69 Å². The third-order valence-electron chi connectivity index (χ3n) is 4.60. The fourth-order valence-corrected chi connectivity index (χ4v) is 3.20. The van der Waals surface area contributed by atoms with Gasteiger partial charge < -0.3 is 15.2 Å². The molecule has 152 valence electrons. The number of nitrogens with zero attached hydrogens (tertiary/aromatic N) is 3. The standard InChI is InChI=1S/C21H18N4O5/c1-3-29-21(26)18-12(2)30-20(23)16(10-22)19(18)14-6-4-13(5-7-14)17-9-8-15(11-24-17)25(27)28/h4-9,11,19H,3,23H2,1-2H3. The number of rotatable bonds is 5. The minimum atomic E-state index is -0.735. The molecule has 0 radical (unpaired) electrons. The van der Waals surface area contributed by atoms with Gasteiger partial charge in [0.25, 0.3) is 5.69 Å². The van der Waals surface area contributed by atoms with Crippen molar-refractivity contribution in [3.8, 4) is 17.3 Å². The van der Waals surface area contributed by atoms with Gasteiger partial charge in [-0.3, -0.25) is 10.1 Å². The van der Waals surface area contributed by atoms with Gasteiger partial charge in [-0.15, -0.1) is 0 Å². The molecule has 1 atom stereocenters. The van der Waals surface area contributed by atoms with Gasteiger partial charge in [0.2, 0.25) is 5.88 Å². The van der Waals surface area contributed by atoms with Crippen molar-refractivity contribution in [3.63, 3.8) is 0 Å². The predicted molar refractivity (Wildman–Crippen MR) is 106 cm³/mol. The molecule has 0 aliphatic carbocycles. The Kier molecular flexibility index (Phi) is 5.78. The highest BCUT2D eigenvalue weighted by atomic mass is 16.6. The highest BCUT2D eigenvalue weighted by molar-refractivity contribution is 5.92. The Labute approximate surface area is 172 Å². The Morgan fingerprint density at radius 2 is 2.03 bits per heavy atom. The van der Waals surface area contributed by atoms with E-state index >= 15 is 0 Å². The summed E-state index contributed by atoms with van der Waals surface area (Å²) in [6.07, 6.45) is 1.18. The van der Waals surface area contributed by atoms with Crippen LogP contribution in [-0.2, 0) is 14.3 Å². The SMILES string of the molecule is CCOC(=O)C1=C(C)OC(N)=C(C#N)C1c1ccc(-c2ccc([N+](=O)[O-])cn2)cc1. The first-order chi connectivity index (χ1) is 14.4. The zero-order valence-corrected chi connectivity index (χ0v) is 16.3. The minimum Gasteiger partial charge on any atom is -0.463 e. The van der Waals surface area contributed by atoms with E-state index in [9.17, 15) is 20.2 Å². The molecule has 9 heteroatoms. The van der Waals surface area contributed by atoms with Crippen molar-refractivity contribution in [2.24, 2.45) is 5.73 Å². The average molecular weight is 406 g/mol. The molecule has 2 N–H and O–H groups in total. The third-order valence-corrected chi connectivity index (χ3v) is 4.60. The molecule has 1 aromatic heterocycles. The minimum absolute atomic E-state index is 0.0610. The number of carbonyl (C=O) groups excluding carboxylic acids is 1. The van der Waals surface area contributed by atoms with Crippen molar-refractivity contribution in [3.05, 3.63) is 81.1 Å². The molecule has 9 nitrogen and oxygen atoms in total. The smallest absolute Gasteiger partial charge is 0.338 e. The maximum absolute atomic E-state index is 12.5. The second-order valence-corrected chi connectivity index (χ2v) is 6.40. The maximum atomic E-state index is 12.5. The van der Waals surface area contributed by atoms with Gasteiger partial charge in [0.1, 0.15) is 23.6 Å². The molecule has 0 amide bonds. The number of allylic oxidation sites excluding steroid dienone is 2. The van der Waals surface area contributed by atoms with Crippen molar-refractivity contribution in [2.45, 2.75) is 19.8 Å². The lowest BCUT2D eigenvalue weighted by Gasteiger charge is -2.26. The van der Waals surface area contributed by atoms with Crippen LogP contribution in [0.1, 0.15) is 25.3 Å². The summed E-state index contributed by atoms with van der Waals surface area (Å²) >= 11 is 0. The second-order valence-electron chi connectivity index (χ2n) is 6.40. The molecule has 30 heavy (non-hydrogen) atoms. The van der Waals surface area contributed by atoms with Crippen molar-refractivity contribution < 1.29 is 19.2 Å². The van der Waals surface area contributed by atoms with Gasteiger partial charge in [-0.25, -0.2) is 9.78 Å². The molecule has 1 aromatic carbocycles. The predicted octanol–water partition coefficient (Wildman–Crippen LogP) is 3.30. The molecule has 0 saturated carbocycles. The van der Waals surface area contributed by atoms with Gasteiger partial charge in [-0.05, 0) is 25.5 Å². The molecule has 1 aliphatic rings. The quantitative estimate of drug-likeness (QED) is 0.453. The number of benzene rings is 1. The van der Waals surface area contributed by atoms with E-state index < -0.39 is 16.8 Å². The fourth-order valence-electron chi connectivity index (χ4n) is 3.20. The van der Waals surface area contributed by atoms with Crippen molar-refractivity contribution in [1.82, 2.24) is 4.98 Å². The van der Waals surface area contributed by atoms with Gasteiger partial charge in [-0.2, -0.15) is 5.26 Å². The van der Waals surface area contributed by atoms with Crippen LogP contribution < -0.4 is 5.73 Å². The summed E-state index contributed by atoms with van der Waals surface area (Å²) in [6.45, 7) is 3.46. The van der Waals surface area contributed by atoms with Crippen LogP contribution in [0, 0.1) is 21.4 Å². The molecule has 2 heterocycles. The Hall–Kier alpha value is -4.19. The lowest BCUT2D eigenvalue weighted by atomic mass is 9.82. The van der Waals surface area contributed by atoms with Crippen LogP contribution in [0.15, 0.2) is 65.4 Å². The Bertz CT molecular complexity index is 1100. The number of ether oxygens (including phenoxy) is 2. The number of nitro groups is 1. The topological polar surface area (TPSA) is 141 Å². The van der Waals surface area contributed by atoms with Gasteiger partial charge in [-0.1, -0.05) is 24.3 Å². The molecular formula is C21H18N4O5. The van der Waals surface area contributed by atoms with Gasteiger partial charge in [0, 0.05) is 11.6 Å². The van der Waals surface area contributed by atoms with Gasteiger partial charge in [0.05, 0.1) is 28.7 Å². The number of carbonyl (C=O) groups is 1. The van der Waals surface area contributed by atoms with Crippen molar-refractivity contribution in [1.29, 1.82) is 5.26 Å². The lowest BCUT2D eigenvalue weighted by molar-refractivity contribution is -0.385. The highest BCUT2D eigenvalue weighted by Crippen LogP contribution is 2.40. The molecular weight excluding hydrogens is 388 g/mol. The summed E-state index contributed by atoms with van der Waals surface area (Å²) in [5.74, 6) is -1.10. The Balaban J connectivity index is 2.01. The molecule has 1 aliphatic heterocycles. The maximum Gasteiger partial charge on any atom is 0.338 e. The first-order valence-corrected chi connectivity index (χ1v) is 9.03. The van der Waals surface area contributed by atoms with Crippen LogP contribution in [0.2, 0.25) is 0 Å². The van der Waals surface area contributed by atoms with Crippen molar-refractivity contribution in [2.75, 3.05) is 6.61 Å². The van der Waals surface area contributed by atoms with E-state index in [2.05, 4.69) is 4.98 Å². The summed E-state index contributed by atoms with van der Waals surface area (Å²) in [7, 11) is 0. The highest BCUT2D eigenvalue weighted by Gasteiger charge is 2.36.